The average molecular weight is 519 g/mol. The molecule has 1 aromatic heterocycles. The predicted octanol–water partition coefficient (Wildman–Crippen LogP) is 4.02. The number of nitrogens with one attached hydrogen (secondary N) is 2. The van der Waals surface area contributed by atoms with Gasteiger partial charge >= 0.3 is 5.16 Å². The van der Waals surface area contributed by atoms with E-state index < -0.39 is 0 Å². The first kappa shape index (κ1) is 25.8. The molecule has 3 N–H and O–H groups in total. The minimum atomic E-state index is -0.281. The Morgan fingerprint density at radius 2 is 1.81 bits per heavy atom. The Balaban J connectivity index is 1.52. The number of phenols is 1. The monoisotopic (exact) mass is 518 g/mol. The van der Waals surface area contributed by atoms with Crippen molar-refractivity contribution in [3.05, 3.63) is 77.9 Å². The quantitative estimate of drug-likeness (QED) is 0.134. The van der Waals surface area contributed by atoms with Crippen LogP contribution in [-0.4, -0.2) is 46.9 Å². The predicted molar refractivity (Wildman–Crippen MR) is 143 cm³/mol. The fourth-order valence-corrected chi connectivity index (χ4v) is 4.31. The Morgan fingerprint density at radius 1 is 1.08 bits per heavy atom. The topological polar surface area (TPSA) is 113 Å². The molecule has 0 unspecified atom stereocenters. The molecule has 0 aliphatic carbocycles. The van der Waals surface area contributed by atoms with Crippen LogP contribution in [0.1, 0.15) is 18.1 Å². The summed E-state index contributed by atoms with van der Waals surface area (Å²) in [5, 5.41) is 22.2. The van der Waals surface area contributed by atoms with Crippen molar-refractivity contribution in [2.24, 2.45) is 5.10 Å². The van der Waals surface area contributed by atoms with Crippen LogP contribution in [0.4, 0.5) is 0 Å². The molecular weight excluding hydrogens is 490 g/mol. The van der Waals surface area contributed by atoms with Gasteiger partial charge in [0.05, 0.1) is 36.3 Å². The van der Waals surface area contributed by atoms with Crippen LogP contribution in [0, 0.1) is 6.92 Å². The van der Waals surface area contributed by atoms with Crippen molar-refractivity contribution in [2.75, 3.05) is 20.0 Å². The highest BCUT2D eigenvalue weighted by Crippen LogP contribution is 2.26. The molecule has 0 fully saturated rings. The Morgan fingerprint density at radius 3 is 2.49 bits per heavy atom. The molecule has 1 amide bonds. The number of ether oxygens (including phenoxy) is 2. The third-order valence-electron chi connectivity index (χ3n) is 5.61. The number of hydrazone groups is 1. The van der Waals surface area contributed by atoms with Crippen LogP contribution in [0.2, 0.25) is 0 Å². The number of aromatic amines is 1. The number of phenolic OH excluding ortho intramolecular Hbond substituents is 1. The van der Waals surface area contributed by atoms with Crippen molar-refractivity contribution in [3.8, 4) is 34.3 Å². The maximum Gasteiger partial charge on any atom is 0.342 e. The van der Waals surface area contributed by atoms with Crippen molar-refractivity contribution < 1.29 is 23.9 Å². The van der Waals surface area contributed by atoms with Gasteiger partial charge in [0.2, 0.25) is 0 Å². The van der Waals surface area contributed by atoms with Crippen LogP contribution in [-0.2, 0) is 4.79 Å². The second-order valence-electron chi connectivity index (χ2n) is 8.16. The number of amides is 1. The third-order valence-corrected chi connectivity index (χ3v) is 6.54. The zero-order valence-corrected chi connectivity index (χ0v) is 21.8. The molecule has 190 valence electrons. The Bertz CT molecular complexity index is 1420. The van der Waals surface area contributed by atoms with Gasteiger partial charge in [-0.05, 0) is 80.2 Å². The van der Waals surface area contributed by atoms with E-state index in [0.717, 1.165) is 34.0 Å². The van der Waals surface area contributed by atoms with Gasteiger partial charge in [0, 0.05) is 5.56 Å². The molecule has 1 heterocycles. The highest BCUT2D eigenvalue weighted by molar-refractivity contribution is 7.99. The van der Waals surface area contributed by atoms with E-state index in [-0.39, 0.29) is 17.4 Å². The van der Waals surface area contributed by atoms with Crippen molar-refractivity contribution in [2.45, 2.75) is 19.0 Å². The molecule has 0 saturated heterocycles. The summed E-state index contributed by atoms with van der Waals surface area (Å²) in [7, 11) is 3.10. The highest BCUT2D eigenvalue weighted by Gasteiger charge is 2.24. The number of nitrogens with zero attached hydrogens (tertiary/aromatic N) is 3. The van der Waals surface area contributed by atoms with Crippen LogP contribution in [0.25, 0.3) is 17.1 Å². The summed E-state index contributed by atoms with van der Waals surface area (Å²) in [6.07, 6.45) is 0. The molecule has 0 spiro atoms. The van der Waals surface area contributed by atoms with E-state index in [1.165, 1.54) is 24.9 Å². The van der Waals surface area contributed by atoms with Crippen LogP contribution >= 0.6 is 11.8 Å². The largest absolute Gasteiger partial charge is 0.504 e. The molecule has 0 aliphatic heterocycles. The van der Waals surface area contributed by atoms with E-state index >= 15 is 0 Å². The molecule has 10 heteroatoms. The molecule has 4 rings (SSSR count). The normalized spacial score (nSPS) is 11.3. The SMILES string of the molecule is COc1ccc(-[n+]2c(SCC(=O)NN=C(C)c3ccc(O)c(OC)c3)n[nH]c2-c2ccc(C)cc2)cc1. The number of aromatic nitrogens is 3. The summed E-state index contributed by atoms with van der Waals surface area (Å²) in [6.45, 7) is 3.80. The van der Waals surface area contributed by atoms with Gasteiger partial charge in [-0.25, -0.2) is 5.43 Å². The summed E-state index contributed by atoms with van der Waals surface area (Å²) in [5.74, 6) is 1.73. The van der Waals surface area contributed by atoms with E-state index in [0.29, 0.717) is 16.6 Å². The van der Waals surface area contributed by atoms with Crippen LogP contribution in [0.15, 0.2) is 77.0 Å². The summed E-state index contributed by atoms with van der Waals surface area (Å²) < 4.78 is 12.4. The Labute approximate surface area is 219 Å². The molecular formula is C27H28N5O4S+. The number of methoxy groups -OCH3 is 2. The average Bonchev–Trinajstić information content (AvgIpc) is 3.35. The maximum absolute atomic E-state index is 12.6. The summed E-state index contributed by atoms with van der Waals surface area (Å²) in [6, 6.07) is 20.7. The number of benzene rings is 3. The second kappa shape index (κ2) is 11.6. The summed E-state index contributed by atoms with van der Waals surface area (Å²) in [4.78, 5) is 12.6. The first-order valence-corrected chi connectivity index (χ1v) is 12.4. The fourth-order valence-electron chi connectivity index (χ4n) is 3.54. The van der Waals surface area contributed by atoms with Gasteiger partial charge in [-0.3, -0.25) is 4.79 Å². The number of hydrogen-bond donors (Lipinski definition) is 3. The fraction of sp³-hybridized carbons (Fsp3) is 0.185. The summed E-state index contributed by atoms with van der Waals surface area (Å²) in [5.41, 5.74) is 6.88. The lowest BCUT2D eigenvalue weighted by Crippen LogP contribution is -2.34. The number of aryl methyl sites for hydroxylation is 1. The third kappa shape index (κ3) is 6.10. The van der Waals surface area contributed by atoms with E-state index in [2.05, 4.69) is 20.7 Å². The van der Waals surface area contributed by atoms with Crippen molar-refractivity contribution in [1.29, 1.82) is 0 Å². The standard InChI is InChI=1S/C27H27N5O4S/c1-17-5-7-19(8-6-17)26-30-31-27(32(26)21-10-12-22(35-3)13-11-21)37-16-25(34)29-28-18(2)20-9-14-23(33)24(15-20)36-4/h5-15H,16H2,1-4H3,(H2,28,29,33,34)/p+1. The molecule has 4 aromatic rings. The van der Waals surface area contributed by atoms with Crippen LogP contribution in [0.3, 0.4) is 0 Å². The van der Waals surface area contributed by atoms with Crippen LogP contribution in [0.5, 0.6) is 17.2 Å². The first-order chi connectivity index (χ1) is 17.9. The molecule has 0 saturated carbocycles. The van der Waals surface area contributed by atoms with Gasteiger partial charge in [-0.15, -0.1) is 5.10 Å². The van der Waals surface area contributed by atoms with E-state index in [1.54, 1.807) is 26.2 Å². The number of hydrogen-bond acceptors (Lipinski definition) is 7. The first-order valence-electron chi connectivity index (χ1n) is 11.4. The zero-order valence-electron chi connectivity index (χ0n) is 21.0. The number of H-pyrrole nitrogens is 1. The zero-order chi connectivity index (χ0) is 26.4. The maximum atomic E-state index is 12.6. The minimum Gasteiger partial charge on any atom is -0.504 e. The number of carbonyl (C=O) groups excluding carboxylic acids is 1. The number of rotatable bonds is 9. The van der Waals surface area contributed by atoms with Gasteiger partial charge in [0.1, 0.15) is 11.4 Å². The van der Waals surface area contributed by atoms with E-state index in [1.807, 2.05) is 60.0 Å². The van der Waals surface area contributed by atoms with Crippen molar-refractivity contribution in [3.63, 3.8) is 0 Å². The number of carbonyl (C=O) groups is 1. The van der Waals surface area contributed by atoms with E-state index in [4.69, 9.17) is 9.47 Å². The van der Waals surface area contributed by atoms with Crippen LogP contribution < -0.4 is 19.5 Å². The van der Waals surface area contributed by atoms with Gasteiger partial charge < -0.3 is 14.6 Å². The van der Waals surface area contributed by atoms with Gasteiger partial charge in [0.15, 0.2) is 11.5 Å². The molecule has 0 atom stereocenters. The second-order valence-corrected chi connectivity index (χ2v) is 9.10. The molecule has 9 nitrogen and oxygen atoms in total. The number of aromatic hydroxyl groups is 1. The van der Waals surface area contributed by atoms with Gasteiger partial charge in [0.25, 0.3) is 11.7 Å². The van der Waals surface area contributed by atoms with Crippen molar-refractivity contribution in [1.82, 2.24) is 15.6 Å². The molecule has 0 aliphatic rings. The molecule has 3 aromatic carbocycles. The smallest absolute Gasteiger partial charge is 0.342 e. The Kier molecular flexibility index (Phi) is 8.09. The Hall–Kier alpha value is -4.31. The van der Waals surface area contributed by atoms with Gasteiger partial charge in [-0.1, -0.05) is 17.7 Å². The van der Waals surface area contributed by atoms with E-state index in [9.17, 15) is 9.90 Å². The number of thioether (sulfide) groups is 1. The lowest BCUT2D eigenvalue weighted by molar-refractivity contribution is -0.625. The lowest BCUT2D eigenvalue weighted by atomic mass is 10.1. The molecule has 37 heavy (non-hydrogen) atoms. The summed E-state index contributed by atoms with van der Waals surface area (Å²) >= 11 is 1.29. The minimum absolute atomic E-state index is 0.0358. The molecule has 0 bridgehead atoms. The van der Waals surface area contributed by atoms with Crippen molar-refractivity contribution >= 4 is 23.4 Å². The lowest BCUT2D eigenvalue weighted by Gasteiger charge is -2.07. The highest BCUT2D eigenvalue weighted by atomic mass is 32.2. The van der Waals surface area contributed by atoms with Gasteiger partial charge in [-0.2, -0.15) is 9.67 Å². The molecule has 0 radical (unpaired) electrons.